The number of hydrogen-bond donors (Lipinski definition) is 1. The Hall–Kier alpha value is -1.37. The molecule has 0 spiro atoms. The quantitative estimate of drug-likeness (QED) is 0.745. The lowest BCUT2D eigenvalue weighted by Gasteiger charge is -2.33. The van der Waals surface area contributed by atoms with Gasteiger partial charge in [-0.05, 0) is 5.38 Å². The molecule has 88 valence electrons. The Bertz CT molecular complexity index is 490. The van der Waals surface area contributed by atoms with E-state index in [9.17, 15) is 9.18 Å². The molecular formula is C10H11BFN3OS. The van der Waals surface area contributed by atoms with E-state index in [4.69, 9.17) is 13.6 Å². The minimum absolute atomic E-state index is 0.0271. The second kappa shape index (κ2) is 4.14. The smallest absolute Gasteiger partial charge is 0.231 e. The molecule has 1 aliphatic rings. The van der Waals surface area contributed by atoms with E-state index >= 15 is 0 Å². The first-order chi connectivity index (χ1) is 7.98. The van der Waals surface area contributed by atoms with Crippen LogP contribution >= 0.6 is 11.3 Å². The molecule has 2 rings (SSSR count). The van der Waals surface area contributed by atoms with Gasteiger partial charge in [0.1, 0.15) is 20.1 Å². The highest BCUT2D eigenvalue weighted by molar-refractivity contribution is 7.11. The van der Waals surface area contributed by atoms with Gasteiger partial charge in [0.2, 0.25) is 5.91 Å². The highest BCUT2D eigenvalue weighted by atomic mass is 32.1. The molecule has 7 heteroatoms. The van der Waals surface area contributed by atoms with Crippen molar-refractivity contribution in [1.82, 2.24) is 4.90 Å². The predicted octanol–water partition coefficient (Wildman–Crippen LogP) is -0.116. The summed E-state index contributed by atoms with van der Waals surface area (Å²) in [6, 6.07) is 1.64. The molecule has 1 aromatic heterocycles. The summed E-state index contributed by atoms with van der Waals surface area (Å²) in [5.74, 6) is -0.215. The monoisotopic (exact) mass is 251 g/mol. The Labute approximate surface area is 104 Å². The number of alkyl halides is 1. The van der Waals surface area contributed by atoms with Crippen molar-refractivity contribution in [3.63, 3.8) is 0 Å². The molecular weight excluding hydrogens is 240 g/mol. The Morgan fingerprint density at radius 3 is 2.94 bits per heavy atom. The first kappa shape index (κ1) is 12.1. The van der Waals surface area contributed by atoms with Crippen LogP contribution in [0, 0.1) is 0 Å². The van der Waals surface area contributed by atoms with Gasteiger partial charge in [0, 0.05) is 11.9 Å². The predicted molar refractivity (Wildman–Crippen MR) is 66.4 cm³/mol. The van der Waals surface area contributed by atoms with Gasteiger partial charge >= 0.3 is 0 Å². The number of carbonyl (C=O) groups excluding carboxylic acids is 1. The van der Waals surface area contributed by atoms with E-state index < -0.39 is 12.2 Å². The molecule has 17 heavy (non-hydrogen) atoms. The van der Waals surface area contributed by atoms with Crippen molar-refractivity contribution in [2.45, 2.75) is 12.0 Å². The summed E-state index contributed by atoms with van der Waals surface area (Å²) in [5.41, 5.74) is 4.97. The van der Waals surface area contributed by atoms with Crippen LogP contribution < -0.4 is 11.2 Å². The lowest BCUT2D eigenvalue weighted by atomic mass is 9.90. The van der Waals surface area contributed by atoms with E-state index in [2.05, 4.69) is 4.99 Å². The summed E-state index contributed by atoms with van der Waals surface area (Å²) >= 11 is 1.29. The molecule has 1 atom stereocenters. The van der Waals surface area contributed by atoms with Crippen molar-refractivity contribution in [3.05, 3.63) is 16.3 Å². The van der Waals surface area contributed by atoms with Crippen LogP contribution in [-0.2, 0) is 10.3 Å². The third-order valence-corrected chi connectivity index (χ3v) is 3.93. The van der Waals surface area contributed by atoms with Gasteiger partial charge in [0.15, 0.2) is 5.96 Å². The van der Waals surface area contributed by atoms with Crippen LogP contribution in [0.1, 0.15) is 11.3 Å². The average Bonchev–Trinajstić information content (AvgIpc) is 2.72. The molecule has 0 saturated heterocycles. The maximum absolute atomic E-state index is 13.3. The topological polar surface area (TPSA) is 58.7 Å². The summed E-state index contributed by atoms with van der Waals surface area (Å²) in [5, 5.41) is 1.70. The molecule has 2 radical (unpaired) electrons. The zero-order valence-electron chi connectivity index (χ0n) is 9.31. The van der Waals surface area contributed by atoms with Crippen molar-refractivity contribution in [2.24, 2.45) is 10.7 Å². The lowest BCUT2D eigenvalue weighted by molar-refractivity contribution is -0.128. The Balaban J connectivity index is 2.49. The summed E-state index contributed by atoms with van der Waals surface area (Å²) in [4.78, 5) is 17.7. The molecule has 0 aliphatic carbocycles. The molecule has 0 unspecified atom stereocenters. The van der Waals surface area contributed by atoms with E-state index in [0.717, 1.165) is 0 Å². The Morgan fingerprint density at radius 1 is 1.76 bits per heavy atom. The lowest BCUT2D eigenvalue weighted by Crippen LogP contribution is -2.49. The number of nitrogens with two attached hydrogens (primary N) is 1. The van der Waals surface area contributed by atoms with Crippen LogP contribution in [0.4, 0.5) is 4.39 Å². The van der Waals surface area contributed by atoms with Crippen molar-refractivity contribution in [1.29, 1.82) is 0 Å². The second-order valence-corrected chi connectivity index (χ2v) is 4.92. The zero-order chi connectivity index (χ0) is 12.6. The summed E-state index contributed by atoms with van der Waals surface area (Å²) in [6.07, 6.45) is -0.0271. The van der Waals surface area contributed by atoms with Gasteiger partial charge in [-0.2, -0.15) is 0 Å². The molecule has 0 bridgehead atoms. The van der Waals surface area contributed by atoms with Crippen LogP contribution in [0.3, 0.4) is 0 Å². The molecule has 2 N–H and O–H groups in total. The van der Waals surface area contributed by atoms with Gasteiger partial charge in [0.05, 0.1) is 6.42 Å². The fraction of sp³-hybridized carbons (Fsp3) is 0.400. The number of rotatable bonds is 2. The van der Waals surface area contributed by atoms with Gasteiger partial charge in [-0.3, -0.25) is 9.69 Å². The largest absolute Gasteiger partial charge is 0.369 e. The van der Waals surface area contributed by atoms with Crippen molar-refractivity contribution in [3.8, 4) is 0 Å². The van der Waals surface area contributed by atoms with Gasteiger partial charge in [0.25, 0.3) is 0 Å². The van der Waals surface area contributed by atoms with Gasteiger partial charge in [-0.25, -0.2) is 9.38 Å². The number of nitrogens with zero attached hydrogens (tertiary/aromatic N) is 2. The molecule has 1 amide bonds. The van der Waals surface area contributed by atoms with Crippen molar-refractivity contribution >= 4 is 36.5 Å². The standard InChI is InChI=1S/C10H11BFN3OS/c1-15-8(16)3-10(5-12,14-9(15)13)7-2-6(11)4-17-7/h2,4H,3,5H2,1H3,(H2,13,14)/t10-/m1/s1. The highest BCUT2D eigenvalue weighted by Crippen LogP contribution is 2.35. The molecule has 0 fully saturated rings. The van der Waals surface area contributed by atoms with E-state index in [1.54, 1.807) is 11.4 Å². The first-order valence-electron chi connectivity index (χ1n) is 5.01. The van der Waals surface area contributed by atoms with Gasteiger partial charge in [-0.15, -0.1) is 11.3 Å². The summed E-state index contributed by atoms with van der Waals surface area (Å²) in [6.45, 7) is -0.771. The number of hydrogen-bond acceptors (Lipinski definition) is 4. The van der Waals surface area contributed by atoms with Crippen LogP contribution in [-0.4, -0.2) is 38.3 Å². The third kappa shape index (κ3) is 1.95. The minimum Gasteiger partial charge on any atom is -0.369 e. The average molecular weight is 251 g/mol. The van der Waals surface area contributed by atoms with Gasteiger partial charge < -0.3 is 5.73 Å². The van der Waals surface area contributed by atoms with Crippen LogP contribution in [0.25, 0.3) is 0 Å². The molecule has 0 saturated carbocycles. The summed E-state index contributed by atoms with van der Waals surface area (Å²) in [7, 11) is 7.13. The van der Waals surface area contributed by atoms with Crippen LogP contribution in [0.2, 0.25) is 0 Å². The number of guanidine groups is 1. The third-order valence-electron chi connectivity index (χ3n) is 2.79. The fourth-order valence-electron chi connectivity index (χ4n) is 1.71. The highest BCUT2D eigenvalue weighted by Gasteiger charge is 2.41. The number of aliphatic imine (C=N–C) groups is 1. The number of halogens is 1. The summed E-state index contributed by atoms with van der Waals surface area (Å²) < 4.78 is 13.3. The normalized spacial score (nSPS) is 24.9. The molecule has 1 aliphatic heterocycles. The first-order valence-corrected chi connectivity index (χ1v) is 5.89. The van der Waals surface area contributed by atoms with Gasteiger partial charge in [-0.1, -0.05) is 11.5 Å². The maximum Gasteiger partial charge on any atom is 0.231 e. The fourth-order valence-corrected chi connectivity index (χ4v) is 2.64. The van der Waals surface area contributed by atoms with Crippen molar-refractivity contribution < 1.29 is 9.18 Å². The minimum atomic E-state index is -1.20. The van der Waals surface area contributed by atoms with Crippen LogP contribution in [0.5, 0.6) is 0 Å². The number of amides is 1. The molecule has 2 heterocycles. The molecule has 4 nitrogen and oxygen atoms in total. The molecule has 0 aromatic carbocycles. The number of thiophene rings is 1. The molecule has 1 aromatic rings. The Kier molecular flexibility index (Phi) is 2.95. The van der Waals surface area contributed by atoms with Crippen molar-refractivity contribution in [2.75, 3.05) is 13.7 Å². The zero-order valence-corrected chi connectivity index (χ0v) is 10.1. The SMILES string of the molecule is [B]c1csc([C@]2(CF)CC(=O)N(C)C(N)=N2)c1. The number of carbonyl (C=O) groups is 1. The van der Waals surface area contributed by atoms with E-state index in [1.807, 2.05) is 0 Å². The second-order valence-electron chi connectivity index (χ2n) is 4.01. The van der Waals surface area contributed by atoms with E-state index in [1.165, 1.54) is 23.3 Å². The maximum atomic E-state index is 13.3. The van der Waals surface area contributed by atoms with E-state index in [-0.39, 0.29) is 18.3 Å². The van der Waals surface area contributed by atoms with Crippen LogP contribution in [0.15, 0.2) is 16.4 Å². The Morgan fingerprint density at radius 2 is 2.47 bits per heavy atom. The van der Waals surface area contributed by atoms with E-state index in [0.29, 0.717) is 10.3 Å².